The SMILES string of the molecule is Cc1nc(C(=O)CN2C(=O)NC3(CCC(F)(F)CC3)C2=O)n(C)c1-c1cccc(F)c1. The molecule has 2 heterocycles. The lowest BCUT2D eigenvalue weighted by Gasteiger charge is -2.34. The molecule has 3 amide bonds. The molecule has 7 nitrogen and oxygen atoms in total. The van der Waals surface area contributed by atoms with Crippen LogP contribution in [-0.2, 0) is 11.8 Å². The fraction of sp³-hybridized carbons (Fsp3) is 0.429. The number of aryl methyl sites for hydroxylation is 1. The summed E-state index contributed by atoms with van der Waals surface area (Å²) in [6.07, 6.45) is -1.37. The molecule has 1 spiro atoms. The third kappa shape index (κ3) is 3.60. The van der Waals surface area contributed by atoms with Crippen LogP contribution < -0.4 is 5.32 Å². The second-order valence-corrected chi connectivity index (χ2v) is 8.12. The van der Waals surface area contributed by atoms with Gasteiger partial charge < -0.3 is 9.88 Å². The molecule has 2 fully saturated rings. The van der Waals surface area contributed by atoms with Crippen LogP contribution in [0.3, 0.4) is 0 Å². The molecule has 2 aliphatic rings. The van der Waals surface area contributed by atoms with Crippen LogP contribution in [0.15, 0.2) is 24.3 Å². The van der Waals surface area contributed by atoms with Gasteiger partial charge in [0, 0.05) is 25.5 Å². The number of aromatic nitrogens is 2. The van der Waals surface area contributed by atoms with E-state index >= 15 is 0 Å². The third-order valence-corrected chi connectivity index (χ3v) is 6.00. The Balaban J connectivity index is 1.56. The molecular formula is C21H21F3N4O3. The van der Waals surface area contributed by atoms with Crippen LogP contribution in [0.5, 0.6) is 0 Å². The van der Waals surface area contributed by atoms with Gasteiger partial charge in [-0.1, -0.05) is 12.1 Å². The molecule has 1 aromatic heterocycles. The van der Waals surface area contributed by atoms with Gasteiger partial charge in [0.1, 0.15) is 11.4 Å². The lowest BCUT2D eigenvalue weighted by atomic mass is 9.80. The molecule has 1 saturated heterocycles. The quantitative estimate of drug-likeness (QED) is 0.592. The fourth-order valence-corrected chi connectivity index (χ4v) is 4.34. The maximum Gasteiger partial charge on any atom is 0.325 e. The Kier molecular flexibility index (Phi) is 4.90. The Morgan fingerprint density at radius 2 is 1.87 bits per heavy atom. The third-order valence-electron chi connectivity index (χ3n) is 6.00. The number of hydrogen-bond acceptors (Lipinski definition) is 4. The van der Waals surface area contributed by atoms with Gasteiger partial charge in [0.2, 0.25) is 11.7 Å². The summed E-state index contributed by atoms with van der Waals surface area (Å²) in [4.78, 5) is 43.2. The van der Waals surface area contributed by atoms with Crippen molar-refractivity contribution in [3.8, 4) is 11.3 Å². The summed E-state index contributed by atoms with van der Waals surface area (Å²) in [7, 11) is 1.59. The number of urea groups is 1. The highest BCUT2D eigenvalue weighted by Gasteiger charge is 2.55. The first-order chi connectivity index (χ1) is 14.5. The molecule has 1 saturated carbocycles. The monoisotopic (exact) mass is 434 g/mol. The molecule has 2 aromatic rings. The van der Waals surface area contributed by atoms with Gasteiger partial charge in [0.05, 0.1) is 17.9 Å². The Labute approximate surface area is 176 Å². The van der Waals surface area contributed by atoms with Gasteiger partial charge >= 0.3 is 6.03 Å². The van der Waals surface area contributed by atoms with Gasteiger partial charge in [-0.05, 0) is 31.9 Å². The molecule has 0 radical (unpaired) electrons. The largest absolute Gasteiger partial charge is 0.325 e. The molecule has 31 heavy (non-hydrogen) atoms. The predicted molar refractivity (Wildman–Crippen MR) is 104 cm³/mol. The Morgan fingerprint density at radius 3 is 2.52 bits per heavy atom. The molecule has 1 aliphatic carbocycles. The number of hydrogen-bond donors (Lipinski definition) is 1. The number of rotatable bonds is 4. The van der Waals surface area contributed by atoms with E-state index in [4.69, 9.17) is 0 Å². The lowest BCUT2D eigenvalue weighted by molar-refractivity contribution is -0.135. The molecule has 1 aromatic carbocycles. The summed E-state index contributed by atoms with van der Waals surface area (Å²) < 4.78 is 42.1. The number of nitrogens with zero attached hydrogens (tertiary/aromatic N) is 3. The zero-order valence-corrected chi connectivity index (χ0v) is 17.0. The summed E-state index contributed by atoms with van der Waals surface area (Å²) in [5, 5.41) is 2.51. The summed E-state index contributed by atoms with van der Waals surface area (Å²) in [5.41, 5.74) is 0.165. The Bertz CT molecular complexity index is 1090. The first-order valence-corrected chi connectivity index (χ1v) is 9.87. The van der Waals surface area contributed by atoms with Crippen LogP contribution in [0.25, 0.3) is 11.3 Å². The summed E-state index contributed by atoms with van der Waals surface area (Å²) in [5.74, 6) is -4.55. The number of amides is 3. The standard InChI is InChI=1S/C21H21F3N4O3/c1-12-16(13-4-3-5-14(22)10-13)27(2)17(25-12)15(29)11-28-18(30)20(26-19(28)31)6-8-21(23,24)9-7-20/h3-5,10H,6-9,11H2,1-2H3,(H,26,31). The van der Waals surface area contributed by atoms with E-state index in [9.17, 15) is 27.6 Å². The highest BCUT2D eigenvalue weighted by molar-refractivity contribution is 6.10. The molecule has 4 rings (SSSR count). The second kappa shape index (κ2) is 7.21. The smallest absolute Gasteiger partial charge is 0.324 e. The maximum absolute atomic E-state index is 13.6. The number of imide groups is 1. The van der Waals surface area contributed by atoms with Gasteiger partial charge in [-0.25, -0.2) is 22.9 Å². The van der Waals surface area contributed by atoms with Crippen molar-refractivity contribution in [2.75, 3.05) is 6.54 Å². The number of Topliss-reactive ketones (excluding diaryl/α,β-unsaturated/α-hetero) is 1. The molecule has 10 heteroatoms. The van der Waals surface area contributed by atoms with Gasteiger partial charge in [-0.15, -0.1) is 0 Å². The van der Waals surface area contributed by atoms with Crippen molar-refractivity contribution in [1.29, 1.82) is 0 Å². The average molecular weight is 434 g/mol. The van der Waals surface area contributed by atoms with Crippen molar-refractivity contribution in [3.63, 3.8) is 0 Å². The number of benzene rings is 1. The van der Waals surface area contributed by atoms with Crippen LogP contribution >= 0.6 is 0 Å². The van der Waals surface area contributed by atoms with Gasteiger partial charge in [0.15, 0.2) is 5.82 Å². The number of imidazole rings is 1. The normalized spacial score (nSPS) is 19.7. The summed E-state index contributed by atoms with van der Waals surface area (Å²) >= 11 is 0. The number of ketones is 1. The molecule has 1 N–H and O–H groups in total. The number of carbonyl (C=O) groups is 3. The van der Waals surface area contributed by atoms with E-state index in [1.165, 1.54) is 16.7 Å². The minimum Gasteiger partial charge on any atom is -0.324 e. The van der Waals surface area contributed by atoms with E-state index in [0.717, 1.165) is 4.90 Å². The highest BCUT2D eigenvalue weighted by Crippen LogP contribution is 2.41. The van der Waals surface area contributed by atoms with E-state index in [1.807, 2.05) is 0 Å². The topological polar surface area (TPSA) is 84.3 Å². The highest BCUT2D eigenvalue weighted by atomic mass is 19.3. The number of alkyl halides is 2. The van der Waals surface area contributed by atoms with E-state index in [-0.39, 0.29) is 18.7 Å². The molecule has 164 valence electrons. The summed E-state index contributed by atoms with van der Waals surface area (Å²) in [6.45, 7) is 1.11. The molecule has 0 atom stereocenters. The Hall–Kier alpha value is -3.17. The first kappa shape index (κ1) is 21.1. The first-order valence-electron chi connectivity index (χ1n) is 9.87. The van der Waals surface area contributed by atoms with Crippen molar-refractivity contribution >= 4 is 17.7 Å². The van der Waals surface area contributed by atoms with Crippen LogP contribution in [0, 0.1) is 12.7 Å². The van der Waals surface area contributed by atoms with Crippen LogP contribution in [0.4, 0.5) is 18.0 Å². The summed E-state index contributed by atoms with van der Waals surface area (Å²) in [6, 6.07) is 5.06. The van der Waals surface area contributed by atoms with Crippen LogP contribution in [0.1, 0.15) is 42.0 Å². The van der Waals surface area contributed by atoms with Crippen molar-refractivity contribution in [1.82, 2.24) is 19.8 Å². The fourth-order valence-electron chi connectivity index (χ4n) is 4.34. The van der Waals surface area contributed by atoms with Gasteiger partial charge in [-0.2, -0.15) is 0 Å². The van der Waals surface area contributed by atoms with Crippen LogP contribution in [0.2, 0.25) is 0 Å². The van der Waals surface area contributed by atoms with E-state index in [0.29, 0.717) is 17.0 Å². The van der Waals surface area contributed by atoms with Crippen molar-refractivity contribution < 1.29 is 27.6 Å². The average Bonchev–Trinajstić information content (AvgIpc) is 3.12. The van der Waals surface area contributed by atoms with E-state index < -0.39 is 54.4 Å². The Morgan fingerprint density at radius 1 is 1.19 bits per heavy atom. The van der Waals surface area contributed by atoms with Gasteiger partial charge in [-0.3, -0.25) is 14.5 Å². The molecule has 0 unspecified atom stereocenters. The predicted octanol–water partition coefficient (Wildman–Crippen LogP) is 3.22. The second-order valence-electron chi connectivity index (χ2n) is 8.12. The van der Waals surface area contributed by atoms with Crippen molar-refractivity contribution in [2.45, 2.75) is 44.1 Å². The minimum atomic E-state index is -2.86. The number of carbonyl (C=O) groups excluding carboxylic acids is 3. The van der Waals surface area contributed by atoms with Gasteiger partial charge in [0.25, 0.3) is 5.91 Å². The van der Waals surface area contributed by atoms with Crippen molar-refractivity contribution in [3.05, 3.63) is 41.6 Å². The van der Waals surface area contributed by atoms with Crippen molar-refractivity contribution in [2.24, 2.45) is 7.05 Å². The maximum atomic E-state index is 13.6. The molecule has 0 bridgehead atoms. The number of nitrogens with one attached hydrogen (secondary N) is 1. The zero-order valence-electron chi connectivity index (χ0n) is 17.0. The van der Waals surface area contributed by atoms with Crippen LogP contribution in [-0.4, -0.2) is 50.2 Å². The zero-order chi connectivity index (χ0) is 22.6. The number of halogens is 3. The van der Waals surface area contributed by atoms with E-state index in [2.05, 4.69) is 10.3 Å². The van der Waals surface area contributed by atoms with E-state index in [1.54, 1.807) is 26.1 Å². The minimum absolute atomic E-state index is 0.00786. The lowest BCUT2D eigenvalue weighted by Crippen LogP contribution is -2.51. The molecular weight excluding hydrogens is 413 g/mol. The molecule has 1 aliphatic heterocycles.